The molecule has 0 N–H and O–H groups in total. The van der Waals surface area contributed by atoms with Crippen LogP contribution in [0.4, 0.5) is 0 Å². The zero-order valence-electron chi connectivity index (χ0n) is 13.2. The smallest absolute Gasteiger partial charge is 0.338 e. The number of carbonyl (C=O) groups is 2. The van der Waals surface area contributed by atoms with E-state index in [-0.39, 0.29) is 18.4 Å². The monoisotopic (exact) mass is 296 g/mol. The molecule has 0 heterocycles. The second kappa shape index (κ2) is 7.03. The summed E-state index contributed by atoms with van der Waals surface area (Å²) in [4.78, 5) is 23.2. The number of carbonyl (C=O) groups excluding carboxylic acids is 2. The van der Waals surface area contributed by atoms with Gasteiger partial charge in [-0.05, 0) is 43.5 Å². The van der Waals surface area contributed by atoms with Gasteiger partial charge in [0.2, 0.25) is 0 Å². The van der Waals surface area contributed by atoms with Gasteiger partial charge in [-0.25, -0.2) is 4.79 Å². The molecule has 0 amide bonds. The van der Waals surface area contributed by atoms with Crippen molar-refractivity contribution in [2.75, 3.05) is 0 Å². The number of ketones is 1. The van der Waals surface area contributed by atoms with E-state index in [4.69, 9.17) is 4.74 Å². The van der Waals surface area contributed by atoms with Gasteiger partial charge in [0, 0.05) is 6.42 Å². The van der Waals surface area contributed by atoms with Crippen LogP contribution < -0.4 is 0 Å². The van der Waals surface area contributed by atoms with E-state index in [1.165, 1.54) is 0 Å². The molecule has 2 rings (SSSR count). The minimum atomic E-state index is -0.315. The van der Waals surface area contributed by atoms with Crippen LogP contribution in [0.2, 0.25) is 0 Å². The summed E-state index contributed by atoms with van der Waals surface area (Å²) in [7, 11) is 0. The van der Waals surface area contributed by atoms with E-state index in [0.717, 1.165) is 22.3 Å². The molecule has 0 aromatic heterocycles. The molecule has 0 aliphatic heterocycles. The Morgan fingerprint density at radius 2 is 1.59 bits per heavy atom. The van der Waals surface area contributed by atoms with Crippen molar-refractivity contribution in [3.63, 3.8) is 0 Å². The SMILES string of the molecule is CC(=O)Cc1ccc(COC(=O)c2ccc(C)cc2C)cc1. The molecule has 0 saturated carbocycles. The lowest BCUT2D eigenvalue weighted by molar-refractivity contribution is -0.116. The highest BCUT2D eigenvalue weighted by molar-refractivity contribution is 5.91. The number of ether oxygens (including phenoxy) is 1. The summed E-state index contributed by atoms with van der Waals surface area (Å²) < 4.78 is 5.35. The number of benzene rings is 2. The molecule has 22 heavy (non-hydrogen) atoms. The van der Waals surface area contributed by atoms with Crippen LogP contribution in [0.25, 0.3) is 0 Å². The fraction of sp³-hybridized carbons (Fsp3) is 0.263. The van der Waals surface area contributed by atoms with E-state index < -0.39 is 0 Å². The van der Waals surface area contributed by atoms with Gasteiger partial charge in [0.15, 0.2) is 0 Å². The van der Waals surface area contributed by atoms with Crippen LogP contribution in [-0.4, -0.2) is 11.8 Å². The highest BCUT2D eigenvalue weighted by Gasteiger charge is 2.10. The Morgan fingerprint density at radius 3 is 2.18 bits per heavy atom. The Kier molecular flexibility index (Phi) is 5.10. The van der Waals surface area contributed by atoms with Gasteiger partial charge < -0.3 is 4.74 Å². The van der Waals surface area contributed by atoms with Gasteiger partial charge in [-0.3, -0.25) is 4.79 Å². The summed E-state index contributed by atoms with van der Waals surface area (Å²) in [5, 5.41) is 0. The summed E-state index contributed by atoms with van der Waals surface area (Å²) in [6.07, 6.45) is 0.433. The number of esters is 1. The van der Waals surface area contributed by atoms with E-state index in [0.29, 0.717) is 12.0 Å². The second-order valence-electron chi connectivity index (χ2n) is 5.59. The number of Topliss-reactive ketones (excluding diaryl/α,β-unsaturated/α-hetero) is 1. The van der Waals surface area contributed by atoms with E-state index in [2.05, 4.69) is 0 Å². The third-order valence-corrected chi connectivity index (χ3v) is 3.45. The van der Waals surface area contributed by atoms with E-state index in [1.54, 1.807) is 13.0 Å². The van der Waals surface area contributed by atoms with Crippen molar-refractivity contribution in [1.29, 1.82) is 0 Å². The second-order valence-corrected chi connectivity index (χ2v) is 5.59. The zero-order chi connectivity index (χ0) is 16.1. The van der Waals surface area contributed by atoms with Crippen LogP contribution in [0.5, 0.6) is 0 Å². The summed E-state index contributed by atoms with van der Waals surface area (Å²) >= 11 is 0. The predicted octanol–water partition coefficient (Wildman–Crippen LogP) is 3.79. The highest BCUT2D eigenvalue weighted by Crippen LogP contribution is 2.13. The molecule has 0 unspecified atom stereocenters. The fourth-order valence-corrected chi connectivity index (χ4v) is 2.31. The van der Waals surface area contributed by atoms with Gasteiger partial charge in [-0.2, -0.15) is 0 Å². The average molecular weight is 296 g/mol. The van der Waals surface area contributed by atoms with Gasteiger partial charge in [0.1, 0.15) is 12.4 Å². The first-order chi connectivity index (χ1) is 10.5. The standard InChI is InChI=1S/C19H20O3/c1-13-4-9-18(14(2)10-13)19(21)22-12-17-7-5-16(6-8-17)11-15(3)20/h4-10H,11-12H2,1-3H3. The van der Waals surface area contributed by atoms with Crippen LogP contribution in [0, 0.1) is 13.8 Å². The summed E-state index contributed by atoms with van der Waals surface area (Å²) in [5.74, 6) is -0.181. The molecule has 114 valence electrons. The maximum atomic E-state index is 12.1. The molecule has 0 aliphatic carbocycles. The van der Waals surface area contributed by atoms with Gasteiger partial charge in [-0.1, -0.05) is 42.0 Å². The Bertz CT molecular complexity index is 684. The minimum Gasteiger partial charge on any atom is -0.457 e. The summed E-state index contributed by atoms with van der Waals surface area (Å²) in [6, 6.07) is 13.2. The molecule has 2 aromatic carbocycles. The lowest BCUT2D eigenvalue weighted by atomic mass is 10.1. The highest BCUT2D eigenvalue weighted by atomic mass is 16.5. The molecule has 0 aliphatic rings. The van der Waals surface area contributed by atoms with Crippen LogP contribution in [0.1, 0.15) is 39.5 Å². The van der Waals surface area contributed by atoms with Crippen LogP contribution >= 0.6 is 0 Å². The van der Waals surface area contributed by atoms with Crippen LogP contribution in [0.3, 0.4) is 0 Å². The molecule has 3 heteroatoms. The molecule has 0 spiro atoms. The fourth-order valence-electron chi connectivity index (χ4n) is 2.31. The van der Waals surface area contributed by atoms with Gasteiger partial charge in [0.25, 0.3) is 0 Å². The normalized spacial score (nSPS) is 10.3. The maximum absolute atomic E-state index is 12.1. The Labute approximate surface area is 130 Å². The molecular formula is C19H20O3. The van der Waals surface area contributed by atoms with Crippen molar-refractivity contribution in [3.8, 4) is 0 Å². The molecule has 0 radical (unpaired) electrons. The average Bonchev–Trinajstić information content (AvgIpc) is 2.45. The zero-order valence-corrected chi connectivity index (χ0v) is 13.2. The van der Waals surface area contributed by atoms with Crippen molar-refractivity contribution >= 4 is 11.8 Å². The number of aryl methyl sites for hydroxylation is 2. The Morgan fingerprint density at radius 1 is 0.955 bits per heavy atom. The Hall–Kier alpha value is -2.42. The Balaban J connectivity index is 1.97. The van der Waals surface area contributed by atoms with Crippen molar-refractivity contribution < 1.29 is 14.3 Å². The number of rotatable bonds is 5. The topological polar surface area (TPSA) is 43.4 Å². The van der Waals surface area contributed by atoms with E-state index in [1.807, 2.05) is 50.2 Å². The maximum Gasteiger partial charge on any atom is 0.338 e. The first-order valence-electron chi connectivity index (χ1n) is 7.27. The minimum absolute atomic E-state index is 0.133. The summed E-state index contributed by atoms with van der Waals surface area (Å²) in [6.45, 7) is 5.69. The lowest BCUT2D eigenvalue weighted by Crippen LogP contribution is -2.07. The van der Waals surface area contributed by atoms with E-state index in [9.17, 15) is 9.59 Å². The van der Waals surface area contributed by atoms with Crippen molar-refractivity contribution in [2.45, 2.75) is 33.8 Å². The third kappa shape index (κ3) is 4.29. The third-order valence-electron chi connectivity index (χ3n) is 3.45. The molecule has 0 saturated heterocycles. The quantitative estimate of drug-likeness (QED) is 0.788. The first-order valence-corrected chi connectivity index (χ1v) is 7.27. The molecular weight excluding hydrogens is 276 g/mol. The van der Waals surface area contributed by atoms with Crippen molar-refractivity contribution in [1.82, 2.24) is 0 Å². The number of hydrogen-bond acceptors (Lipinski definition) is 3. The lowest BCUT2D eigenvalue weighted by Gasteiger charge is -2.08. The summed E-state index contributed by atoms with van der Waals surface area (Å²) in [5.41, 5.74) is 4.51. The van der Waals surface area contributed by atoms with Gasteiger partial charge in [0.05, 0.1) is 5.56 Å². The van der Waals surface area contributed by atoms with Crippen LogP contribution in [0.15, 0.2) is 42.5 Å². The molecule has 0 atom stereocenters. The first kappa shape index (κ1) is 16.0. The molecule has 2 aromatic rings. The van der Waals surface area contributed by atoms with Crippen molar-refractivity contribution in [2.24, 2.45) is 0 Å². The predicted molar refractivity (Wildman–Crippen MR) is 85.9 cm³/mol. The molecule has 0 fully saturated rings. The van der Waals surface area contributed by atoms with Gasteiger partial charge in [-0.15, -0.1) is 0 Å². The van der Waals surface area contributed by atoms with Crippen LogP contribution in [-0.2, 0) is 22.6 Å². The van der Waals surface area contributed by atoms with E-state index >= 15 is 0 Å². The van der Waals surface area contributed by atoms with Crippen molar-refractivity contribution in [3.05, 3.63) is 70.3 Å². The van der Waals surface area contributed by atoms with Gasteiger partial charge >= 0.3 is 5.97 Å². The number of hydrogen-bond donors (Lipinski definition) is 0. The largest absolute Gasteiger partial charge is 0.457 e. The molecule has 3 nitrogen and oxygen atoms in total. The molecule has 0 bridgehead atoms.